The molecule has 0 amide bonds. The summed E-state index contributed by atoms with van der Waals surface area (Å²) in [6, 6.07) is 22.2. The third-order valence-corrected chi connectivity index (χ3v) is 4.06. The minimum Gasteiger partial charge on any atom is -0.474 e. The number of benzene rings is 2. The van der Waals surface area contributed by atoms with Gasteiger partial charge in [-0.25, -0.2) is 4.98 Å². The van der Waals surface area contributed by atoms with Crippen LogP contribution in [0.5, 0.6) is 5.88 Å². The Bertz CT molecular complexity index is 913. The second-order valence-electron chi connectivity index (χ2n) is 5.92. The van der Waals surface area contributed by atoms with Crippen LogP contribution in [0.15, 0.2) is 60.7 Å². The van der Waals surface area contributed by atoms with Gasteiger partial charge in [0.15, 0.2) is 0 Å². The maximum Gasteiger partial charge on any atom is 0.232 e. The fourth-order valence-electron chi connectivity index (χ4n) is 2.67. The lowest BCUT2D eigenvalue weighted by atomic mass is 9.98. The minimum atomic E-state index is 0.335. The van der Waals surface area contributed by atoms with Crippen molar-refractivity contribution in [3.8, 4) is 34.3 Å². The molecule has 130 valence electrons. The molecular formula is C22H20N2O2. The highest BCUT2D eigenvalue weighted by Crippen LogP contribution is 2.33. The summed E-state index contributed by atoms with van der Waals surface area (Å²) in [7, 11) is 1.61. The highest BCUT2D eigenvalue weighted by Gasteiger charge is 2.16. The molecule has 0 radical (unpaired) electrons. The molecule has 0 spiro atoms. The van der Waals surface area contributed by atoms with Crippen molar-refractivity contribution in [3.05, 3.63) is 71.8 Å². The predicted molar refractivity (Wildman–Crippen MR) is 102 cm³/mol. The van der Waals surface area contributed by atoms with E-state index in [0.717, 1.165) is 22.4 Å². The first-order chi connectivity index (χ1) is 12.7. The van der Waals surface area contributed by atoms with Gasteiger partial charge in [0.2, 0.25) is 5.88 Å². The Kier molecular flexibility index (Phi) is 5.62. The Balaban J connectivity index is 2.15. The highest BCUT2D eigenvalue weighted by atomic mass is 16.5. The Hall–Kier alpha value is -3.16. The third kappa shape index (κ3) is 3.90. The van der Waals surface area contributed by atoms with Crippen molar-refractivity contribution < 1.29 is 9.47 Å². The van der Waals surface area contributed by atoms with Crippen molar-refractivity contribution in [1.29, 1.82) is 5.26 Å². The van der Waals surface area contributed by atoms with Gasteiger partial charge in [-0.1, -0.05) is 60.2 Å². The Morgan fingerprint density at radius 2 is 1.69 bits per heavy atom. The van der Waals surface area contributed by atoms with E-state index in [9.17, 15) is 5.26 Å². The van der Waals surface area contributed by atoms with Gasteiger partial charge in [0.25, 0.3) is 0 Å². The van der Waals surface area contributed by atoms with Crippen LogP contribution < -0.4 is 4.74 Å². The number of pyridine rings is 1. The van der Waals surface area contributed by atoms with Gasteiger partial charge in [-0.15, -0.1) is 0 Å². The lowest BCUT2D eigenvalue weighted by Gasteiger charge is -2.13. The number of ether oxygens (including phenoxy) is 2. The third-order valence-electron chi connectivity index (χ3n) is 4.06. The first-order valence-corrected chi connectivity index (χ1v) is 8.42. The van der Waals surface area contributed by atoms with E-state index in [4.69, 9.17) is 9.47 Å². The molecule has 0 bridgehead atoms. The molecule has 4 nitrogen and oxygen atoms in total. The van der Waals surface area contributed by atoms with E-state index in [1.807, 2.05) is 67.6 Å². The molecule has 3 aromatic rings. The molecule has 0 atom stereocenters. The largest absolute Gasteiger partial charge is 0.474 e. The van der Waals surface area contributed by atoms with Crippen molar-refractivity contribution >= 4 is 0 Å². The van der Waals surface area contributed by atoms with Crippen LogP contribution in [0.3, 0.4) is 0 Å². The zero-order valence-corrected chi connectivity index (χ0v) is 14.9. The zero-order valence-electron chi connectivity index (χ0n) is 14.9. The summed E-state index contributed by atoms with van der Waals surface area (Å²) < 4.78 is 10.8. The molecule has 0 aliphatic rings. The average Bonchev–Trinajstić information content (AvgIpc) is 2.69. The maximum atomic E-state index is 9.73. The maximum absolute atomic E-state index is 9.73. The minimum absolute atomic E-state index is 0.335. The first-order valence-electron chi connectivity index (χ1n) is 8.42. The summed E-state index contributed by atoms with van der Waals surface area (Å²) in [6.45, 7) is 2.81. The number of hydrogen-bond donors (Lipinski definition) is 0. The molecule has 0 saturated heterocycles. The second kappa shape index (κ2) is 8.28. The summed E-state index contributed by atoms with van der Waals surface area (Å²) in [4.78, 5) is 4.59. The number of nitriles is 1. The molecule has 0 aliphatic heterocycles. The normalized spacial score (nSPS) is 10.3. The number of aromatic nitrogens is 1. The summed E-state index contributed by atoms with van der Waals surface area (Å²) in [5.74, 6) is 0.335. The van der Waals surface area contributed by atoms with Crippen molar-refractivity contribution in [2.75, 3.05) is 20.3 Å². The Morgan fingerprint density at radius 1 is 0.962 bits per heavy atom. The fourth-order valence-corrected chi connectivity index (χ4v) is 2.67. The predicted octanol–water partition coefficient (Wildman–Crippen LogP) is 4.62. The summed E-state index contributed by atoms with van der Waals surface area (Å²) in [5, 5.41) is 9.73. The van der Waals surface area contributed by atoms with Gasteiger partial charge in [-0.2, -0.15) is 5.26 Å². The number of hydrogen-bond acceptors (Lipinski definition) is 4. The van der Waals surface area contributed by atoms with Crippen molar-refractivity contribution in [1.82, 2.24) is 4.98 Å². The average molecular weight is 344 g/mol. The molecule has 3 rings (SSSR count). The van der Waals surface area contributed by atoms with Crippen LogP contribution in [0.25, 0.3) is 22.4 Å². The molecule has 0 aliphatic carbocycles. The second-order valence-corrected chi connectivity index (χ2v) is 5.92. The molecule has 0 fully saturated rings. The van der Waals surface area contributed by atoms with Gasteiger partial charge in [0.05, 0.1) is 12.3 Å². The van der Waals surface area contributed by atoms with E-state index in [1.54, 1.807) is 7.11 Å². The molecule has 0 N–H and O–H groups in total. The van der Waals surface area contributed by atoms with Crippen LogP contribution in [-0.4, -0.2) is 25.3 Å². The van der Waals surface area contributed by atoms with Gasteiger partial charge >= 0.3 is 0 Å². The molecule has 4 heteroatoms. The summed E-state index contributed by atoms with van der Waals surface area (Å²) in [5.41, 5.74) is 5.12. The number of rotatable bonds is 6. The standard InChI is InChI=1S/C22H20N2O2/c1-16-8-10-17(11-9-16)19-14-21(18-6-4-3-5-7-18)24-22(20(19)15-23)26-13-12-25-2/h3-11,14H,12-13H2,1-2H3. The topological polar surface area (TPSA) is 55.1 Å². The molecule has 2 aromatic carbocycles. The number of nitrogens with zero attached hydrogens (tertiary/aromatic N) is 2. The molecule has 26 heavy (non-hydrogen) atoms. The molecule has 1 heterocycles. The SMILES string of the molecule is COCCOc1nc(-c2ccccc2)cc(-c2ccc(C)cc2)c1C#N. The van der Waals surface area contributed by atoms with Gasteiger partial charge in [0.1, 0.15) is 18.2 Å². The first kappa shape index (κ1) is 17.7. The number of methoxy groups -OCH3 is 1. The Labute approximate surface area is 153 Å². The van der Waals surface area contributed by atoms with Crippen LogP contribution >= 0.6 is 0 Å². The van der Waals surface area contributed by atoms with Crippen LogP contribution in [0.2, 0.25) is 0 Å². The van der Waals surface area contributed by atoms with Crippen molar-refractivity contribution in [3.63, 3.8) is 0 Å². The Morgan fingerprint density at radius 3 is 2.35 bits per heavy atom. The van der Waals surface area contributed by atoms with E-state index in [0.29, 0.717) is 24.7 Å². The van der Waals surface area contributed by atoms with Gasteiger partial charge < -0.3 is 9.47 Å². The molecule has 1 aromatic heterocycles. The van der Waals surface area contributed by atoms with Crippen LogP contribution in [0.1, 0.15) is 11.1 Å². The van der Waals surface area contributed by atoms with Crippen LogP contribution in [-0.2, 0) is 4.74 Å². The number of aryl methyl sites for hydroxylation is 1. The van der Waals surface area contributed by atoms with Crippen LogP contribution in [0, 0.1) is 18.3 Å². The molecule has 0 saturated carbocycles. The van der Waals surface area contributed by atoms with Crippen molar-refractivity contribution in [2.45, 2.75) is 6.92 Å². The van der Waals surface area contributed by atoms with Crippen LogP contribution in [0.4, 0.5) is 0 Å². The van der Waals surface area contributed by atoms with Gasteiger partial charge in [-0.05, 0) is 18.6 Å². The van der Waals surface area contributed by atoms with Gasteiger partial charge in [0, 0.05) is 18.2 Å². The van der Waals surface area contributed by atoms with E-state index < -0.39 is 0 Å². The smallest absolute Gasteiger partial charge is 0.232 e. The zero-order chi connectivity index (χ0) is 18.4. The fraction of sp³-hybridized carbons (Fsp3) is 0.182. The van der Waals surface area contributed by atoms with Crippen molar-refractivity contribution in [2.24, 2.45) is 0 Å². The summed E-state index contributed by atoms with van der Waals surface area (Å²) in [6.07, 6.45) is 0. The highest BCUT2D eigenvalue weighted by molar-refractivity contribution is 5.77. The molecule has 0 unspecified atom stereocenters. The summed E-state index contributed by atoms with van der Waals surface area (Å²) >= 11 is 0. The van der Waals surface area contributed by atoms with E-state index in [2.05, 4.69) is 11.1 Å². The van der Waals surface area contributed by atoms with E-state index in [1.165, 1.54) is 5.56 Å². The lowest BCUT2D eigenvalue weighted by Crippen LogP contribution is -2.08. The monoisotopic (exact) mass is 344 g/mol. The molecular weight excluding hydrogens is 324 g/mol. The lowest BCUT2D eigenvalue weighted by molar-refractivity contribution is 0.143. The van der Waals surface area contributed by atoms with Gasteiger partial charge in [-0.3, -0.25) is 0 Å². The quantitative estimate of drug-likeness (QED) is 0.612. The van der Waals surface area contributed by atoms with E-state index >= 15 is 0 Å². The van der Waals surface area contributed by atoms with E-state index in [-0.39, 0.29) is 0 Å².